The van der Waals surface area contributed by atoms with Gasteiger partial charge in [-0.25, -0.2) is 4.98 Å². The SMILES string of the molecule is CN[C@H]1CCN(c2cc3c(N[C@H](C)c4cccc(C#N)c4C)nnc(C)c3cn2)C1. The third kappa shape index (κ3) is 3.66. The third-order valence-electron chi connectivity index (χ3n) is 6.07. The molecular weight excluding hydrogens is 374 g/mol. The highest BCUT2D eigenvalue weighted by atomic mass is 15.2. The molecule has 0 aliphatic carbocycles. The Kier molecular flexibility index (Phi) is 5.51. The minimum absolute atomic E-state index is 0.0180. The Morgan fingerprint density at radius 1 is 1.23 bits per heavy atom. The van der Waals surface area contributed by atoms with E-state index in [1.165, 1.54) is 0 Å². The Morgan fingerprint density at radius 2 is 2.07 bits per heavy atom. The lowest BCUT2D eigenvalue weighted by Gasteiger charge is -2.21. The molecule has 1 fully saturated rings. The zero-order valence-corrected chi connectivity index (χ0v) is 17.9. The molecule has 7 heteroatoms. The van der Waals surface area contributed by atoms with Crippen LogP contribution in [0.4, 0.5) is 11.6 Å². The number of nitrogens with one attached hydrogen (secondary N) is 2. The van der Waals surface area contributed by atoms with Gasteiger partial charge in [0.2, 0.25) is 0 Å². The van der Waals surface area contributed by atoms with Crippen LogP contribution in [0, 0.1) is 25.2 Å². The Morgan fingerprint density at radius 3 is 2.80 bits per heavy atom. The number of hydrogen-bond donors (Lipinski definition) is 2. The summed E-state index contributed by atoms with van der Waals surface area (Å²) >= 11 is 0. The van der Waals surface area contributed by atoms with Crippen molar-refractivity contribution in [3.05, 3.63) is 52.8 Å². The Labute approximate surface area is 177 Å². The molecule has 0 bridgehead atoms. The molecule has 1 saturated heterocycles. The van der Waals surface area contributed by atoms with Crippen molar-refractivity contribution in [1.82, 2.24) is 20.5 Å². The smallest absolute Gasteiger partial charge is 0.157 e. The second-order valence-electron chi connectivity index (χ2n) is 7.94. The maximum absolute atomic E-state index is 9.35. The number of pyridine rings is 1. The number of nitriles is 1. The predicted octanol–water partition coefficient (Wildman–Crippen LogP) is 3.48. The van der Waals surface area contributed by atoms with Gasteiger partial charge in [0.1, 0.15) is 5.82 Å². The number of anilines is 2. The summed E-state index contributed by atoms with van der Waals surface area (Å²) in [4.78, 5) is 7.01. The van der Waals surface area contributed by atoms with E-state index in [2.05, 4.69) is 44.8 Å². The van der Waals surface area contributed by atoms with Crippen LogP contribution in [-0.4, -0.2) is 41.4 Å². The van der Waals surface area contributed by atoms with E-state index in [0.29, 0.717) is 11.6 Å². The minimum Gasteiger partial charge on any atom is -0.362 e. The molecule has 0 saturated carbocycles. The standard InChI is InChI=1S/C23H27N7/c1-14-17(11-24)6-5-7-19(14)15(2)27-23-20-10-22(30-9-8-18(13-30)25-4)26-12-21(20)16(3)28-29-23/h5-7,10,12,15,18,25H,8-9,13H2,1-4H3,(H,27,29)/t15-,18+/m1/s1. The topological polar surface area (TPSA) is 89.8 Å². The van der Waals surface area contributed by atoms with E-state index in [9.17, 15) is 5.26 Å². The molecule has 2 aromatic heterocycles. The van der Waals surface area contributed by atoms with Crippen molar-refractivity contribution in [3.8, 4) is 6.07 Å². The molecule has 0 unspecified atom stereocenters. The zero-order chi connectivity index (χ0) is 21.3. The van der Waals surface area contributed by atoms with Gasteiger partial charge in [-0.15, -0.1) is 5.10 Å². The van der Waals surface area contributed by atoms with Gasteiger partial charge in [0, 0.05) is 36.1 Å². The summed E-state index contributed by atoms with van der Waals surface area (Å²) in [6, 6.07) is 10.7. The molecule has 0 radical (unpaired) electrons. The number of nitrogens with zero attached hydrogens (tertiary/aromatic N) is 5. The van der Waals surface area contributed by atoms with Crippen LogP contribution in [0.1, 0.15) is 41.8 Å². The number of rotatable bonds is 5. The van der Waals surface area contributed by atoms with E-state index in [-0.39, 0.29) is 6.04 Å². The highest BCUT2D eigenvalue weighted by molar-refractivity contribution is 5.94. The van der Waals surface area contributed by atoms with Crippen LogP contribution in [0.2, 0.25) is 0 Å². The zero-order valence-electron chi connectivity index (χ0n) is 17.9. The first-order valence-corrected chi connectivity index (χ1v) is 10.3. The fraction of sp³-hybridized carbons (Fsp3) is 0.391. The third-order valence-corrected chi connectivity index (χ3v) is 6.07. The van der Waals surface area contributed by atoms with Crippen molar-refractivity contribution in [2.24, 2.45) is 0 Å². The second kappa shape index (κ2) is 8.25. The van der Waals surface area contributed by atoms with Crippen molar-refractivity contribution >= 4 is 22.4 Å². The first-order valence-electron chi connectivity index (χ1n) is 10.3. The quantitative estimate of drug-likeness (QED) is 0.676. The lowest BCUT2D eigenvalue weighted by Crippen LogP contribution is -2.29. The van der Waals surface area contributed by atoms with E-state index in [1.807, 2.05) is 45.3 Å². The molecule has 2 atom stereocenters. The van der Waals surface area contributed by atoms with Crippen LogP contribution in [0.15, 0.2) is 30.5 Å². The molecule has 154 valence electrons. The maximum Gasteiger partial charge on any atom is 0.157 e. The van der Waals surface area contributed by atoms with Gasteiger partial charge in [0.15, 0.2) is 5.82 Å². The van der Waals surface area contributed by atoms with Gasteiger partial charge in [-0.3, -0.25) is 0 Å². The average molecular weight is 402 g/mol. The van der Waals surface area contributed by atoms with Gasteiger partial charge < -0.3 is 15.5 Å². The number of aryl methyl sites for hydroxylation is 1. The molecule has 0 amide bonds. The van der Waals surface area contributed by atoms with E-state index >= 15 is 0 Å². The lowest BCUT2D eigenvalue weighted by atomic mass is 9.98. The van der Waals surface area contributed by atoms with Crippen molar-refractivity contribution in [2.45, 2.75) is 39.3 Å². The lowest BCUT2D eigenvalue weighted by molar-refractivity contribution is 0.616. The summed E-state index contributed by atoms with van der Waals surface area (Å²) in [5.41, 5.74) is 3.62. The van der Waals surface area contributed by atoms with Crippen LogP contribution in [0.3, 0.4) is 0 Å². The van der Waals surface area contributed by atoms with E-state index < -0.39 is 0 Å². The average Bonchev–Trinajstić information content (AvgIpc) is 3.25. The molecule has 1 aromatic carbocycles. The first kappa shape index (κ1) is 20.0. The summed E-state index contributed by atoms with van der Waals surface area (Å²) < 4.78 is 0. The predicted molar refractivity (Wildman–Crippen MR) is 120 cm³/mol. The molecule has 1 aliphatic heterocycles. The number of benzene rings is 1. The summed E-state index contributed by atoms with van der Waals surface area (Å²) in [5.74, 6) is 1.70. The van der Waals surface area contributed by atoms with Crippen LogP contribution < -0.4 is 15.5 Å². The molecule has 0 spiro atoms. The van der Waals surface area contributed by atoms with Crippen LogP contribution in [0.25, 0.3) is 10.8 Å². The molecule has 30 heavy (non-hydrogen) atoms. The van der Waals surface area contributed by atoms with Crippen molar-refractivity contribution in [2.75, 3.05) is 30.4 Å². The highest BCUT2D eigenvalue weighted by Crippen LogP contribution is 2.30. The van der Waals surface area contributed by atoms with Gasteiger partial charge in [-0.1, -0.05) is 12.1 Å². The van der Waals surface area contributed by atoms with Crippen LogP contribution >= 0.6 is 0 Å². The molecule has 3 heterocycles. The van der Waals surface area contributed by atoms with Gasteiger partial charge in [-0.2, -0.15) is 10.4 Å². The molecule has 7 nitrogen and oxygen atoms in total. The monoisotopic (exact) mass is 401 g/mol. The molecule has 4 rings (SSSR count). The number of hydrogen-bond acceptors (Lipinski definition) is 7. The van der Waals surface area contributed by atoms with E-state index in [4.69, 9.17) is 4.98 Å². The second-order valence-corrected chi connectivity index (χ2v) is 7.94. The Hall–Kier alpha value is -3.24. The number of likely N-dealkylation sites (N-methyl/N-ethyl adjacent to an activating group) is 1. The first-order chi connectivity index (χ1) is 14.5. The normalized spacial score (nSPS) is 17.2. The van der Waals surface area contributed by atoms with Crippen LogP contribution in [0.5, 0.6) is 0 Å². The highest BCUT2D eigenvalue weighted by Gasteiger charge is 2.23. The largest absolute Gasteiger partial charge is 0.362 e. The summed E-state index contributed by atoms with van der Waals surface area (Å²) in [6.45, 7) is 7.96. The summed E-state index contributed by atoms with van der Waals surface area (Å²) in [6.07, 6.45) is 3.01. The fourth-order valence-electron chi connectivity index (χ4n) is 4.17. The van der Waals surface area contributed by atoms with Gasteiger partial charge in [-0.05, 0) is 57.5 Å². The van der Waals surface area contributed by atoms with Crippen LogP contribution in [-0.2, 0) is 0 Å². The van der Waals surface area contributed by atoms with Crippen molar-refractivity contribution < 1.29 is 0 Å². The summed E-state index contributed by atoms with van der Waals surface area (Å²) in [5, 5.41) is 27.0. The fourth-order valence-corrected chi connectivity index (χ4v) is 4.17. The Balaban J connectivity index is 1.69. The van der Waals surface area contributed by atoms with E-state index in [0.717, 1.165) is 58.7 Å². The molecule has 2 N–H and O–H groups in total. The number of fused-ring (bicyclic) bond motifs is 1. The van der Waals surface area contributed by atoms with Gasteiger partial charge in [0.05, 0.1) is 23.4 Å². The van der Waals surface area contributed by atoms with Gasteiger partial charge in [0.25, 0.3) is 0 Å². The summed E-state index contributed by atoms with van der Waals surface area (Å²) in [7, 11) is 2.01. The molecule has 3 aromatic rings. The minimum atomic E-state index is -0.0180. The van der Waals surface area contributed by atoms with Gasteiger partial charge >= 0.3 is 0 Å². The van der Waals surface area contributed by atoms with Crippen molar-refractivity contribution in [3.63, 3.8) is 0 Å². The Bertz CT molecular complexity index is 1120. The van der Waals surface area contributed by atoms with E-state index in [1.54, 1.807) is 0 Å². The van der Waals surface area contributed by atoms with Crippen molar-refractivity contribution in [1.29, 1.82) is 5.26 Å². The maximum atomic E-state index is 9.35. The molecule has 1 aliphatic rings. The molecular formula is C23H27N7. The number of aromatic nitrogens is 3.